The van der Waals surface area contributed by atoms with Crippen LogP contribution in [-0.2, 0) is 0 Å². The van der Waals surface area contributed by atoms with Crippen LogP contribution in [0.15, 0.2) is 12.4 Å². The van der Waals surface area contributed by atoms with E-state index >= 15 is 0 Å². The molecule has 2 aliphatic heterocycles. The van der Waals surface area contributed by atoms with Crippen LogP contribution < -0.4 is 0 Å². The van der Waals surface area contributed by atoms with E-state index in [4.69, 9.17) is 2.74 Å². The van der Waals surface area contributed by atoms with Crippen LogP contribution in [0.2, 0.25) is 0 Å². The Bertz CT molecular complexity index is 143. The summed E-state index contributed by atoms with van der Waals surface area (Å²) in [5, 5.41) is 0. The Morgan fingerprint density at radius 3 is 2.14 bits per heavy atom. The van der Waals surface area contributed by atoms with Gasteiger partial charge in [-0.05, 0) is 0 Å². The quantitative estimate of drug-likeness (QED) is 0.422. The molecule has 0 unspecified atom stereocenters. The van der Waals surface area contributed by atoms with Crippen LogP contribution in [0.3, 0.4) is 0 Å². The molecule has 0 N–H and O–H groups in total. The fourth-order valence-corrected chi connectivity index (χ4v) is 0.819. The van der Waals surface area contributed by atoms with Gasteiger partial charge in [0.05, 0.1) is 9.41 Å². The monoisotopic (exact) mass is 98.1 g/mol. The van der Waals surface area contributed by atoms with Crippen molar-refractivity contribution in [3.8, 4) is 0 Å². The van der Waals surface area contributed by atoms with E-state index in [2.05, 4.69) is 0 Å². The van der Waals surface area contributed by atoms with Crippen molar-refractivity contribution in [2.75, 3.05) is 19.7 Å². The van der Waals surface area contributed by atoms with E-state index in [1.54, 1.807) is 0 Å². The first-order valence-electron chi connectivity index (χ1n) is 3.49. The maximum Gasteiger partial charge on any atom is 0.0895 e. The van der Waals surface area contributed by atoms with Crippen LogP contribution in [0.5, 0.6) is 0 Å². The first-order valence-corrected chi connectivity index (χ1v) is 2.33. The molecule has 0 spiro atoms. The van der Waals surface area contributed by atoms with E-state index in [9.17, 15) is 0 Å². The van der Waals surface area contributed by atoms with Gasteiger partial charge in [0, 0.05) is 25.4 Å². The van der Waals surface area contributed by atoms with Crippen molar-refractivity contribution in [1.29, 1.82) is 0 Å². The Kier molecular flexibility index (Phi) is 0.279. The summed E-state index contributed by atoms with van der Waals surface area (Å²) in [5.74, 6) is 0. The molecule has 2 nitrogen and oxygen atoms in total. The van der Waals surface area contributed by atoms with E-state index in [1.165, 1.54) is 0 Å². The predicted molar refractivity (Wildman–Crippen MR) is 27.4 cm³/mol. The molecule has 0 aromatic carbocycles. The van der Waals surface area contributed by atoms with E-state index in [0.29, 0.717) is 0 Å². The lowest BCUT2D eigenvalue weighted by atomic mass is 10.5. The minimum absolute atomic E-state index is 0.366. The molecule has 1 saturated heterocycles. The van der Waals surface area contributed by atoms with Gasteiger partial charge in [0.25, 0.3) is 0 Å². The lowest BCUT2D eigenvalue weighted by Gasteiger charge is -2.03. The summed E-state index contributed by atoms with van der Waals surface area (Å²) in [5.41, 5.74) is 0. The van der Waals surface area contributed by atoms with Gasteiger partial charge in [-0.1, -0.05) is 0 Å². The van der Waals surface area contributed by atoms with Gasteiger partial charge >= 0.3 is 0 Å². The number of nitrogens with zero attached hydrogens (tertiary/aromatic N) is 2. The van der Waals surface area contributed by atoms with E-state index in [-0.39, 0.29) is 13.0 Å². The van der Waals surface area contributed by atoms with Crippen LogP contribution in [0.25, 0.3) is 0 Å². The molecule has 0 radical (unpaired) electrons. The molecule has 2 rings (SSSR count). The molecule has 2 heterocycles. The van der Waals surface area contributed by atoms with E-state index in [1.807, 2.05) is 22.2 Å². The van der Waals surface area contributed by atoms with Gasteiger partial charge in [-0.2, -0.15) is 0 Å². The summed E-state index contributed by atoms with van der Waals surface area (Å²) < 4.78 is 14.7. The summed E-state index contributed by atoms with van der Waals surface area (Å²) >= 11 is 0. The van der Waals surface area contributed by atoms with Gasteiger partial charge in [-0.25, -0.2) is 0 Å². The van der Waals surface area contributed by atoms with Crippen molar-refractivity contribution in [2.24, 2.45) is 0 Å². The Labute approximate surface area is 45.8 Å². The minimum Gasteiger partial charge on any atom is -0.357 e. The molecule has 0 saturated carbocycles. The highest BCUT2D eigenvalue weighted by Gasteiger charge is 2.18. The van der Waals surface area contributed by atoms with Crippen molar-refractivity contribution in [3.05, 3.63) is 12.4 Å². The smallest absolute Gasteiger partial charge is 0.0895 e. The Balaban J connectivity index is 2.26. The second-order valence-corrected chi connectivity index (χ2v) is 1.77. The maximum atomic E-state index is 7.37. The van der Waals surface area contributed by atoms with Crippen LogP contribution in [-0.4, -0.2) is 29.5 Å². The van der Waals surface area contributed by atoms with Crippen molar-refractivity contribution in [3.63, 3.8) is 0 Å². The van der Waals surface area contributed by atoms with Crippen LogP contribution >= 0.6 is 0 Å². The summed E-state index contributed by atoms with van der Waals surface area (Å²) in [6.07, 6.45) is 3.73. The average Bonchev–Trinajstić information content (AvgIpc) is 2.37. The molecule has 0 aromatic rings. The second-order valence-electron chi connectivity index (χ2n) is 1.77. The highest BCUT2D eigenvalue weighted by Crippen LogP contribution is 2.11. The van der Waals surface area contributed by atoms with Gasteiger partial charge in [0.1, 0.15) is 0 Å². The molecule has 7 heavy (non-hydrogen) atoms. The van der Waals surface area contributed by atoms with Gasteiger partial charge < -0.3 is 9.80 Å². The SMILES string of the molecule is [2H][C@@H]1[C@H]([2H])N2C=CN1C2. The van der Waals surface area contributed by atoms with Crippen molar-refractivity contribution < 1.29 is 2.74 Å². The topological polar surface area (TPSA) is 6.48 Å². The van der Waals surface area contributed by atoms with Crippen molar-refractivity contribution >= 4 is 0 Å². The maximum absolute atomic E-state index is 7.37. The number of hydrogen-bond acceptors (Lipinski definition) is 2. The fraction of sp³-hybridized carbons (Fsp3) is 0.600. The zero-order chi connectivity index (χ0) is 6.43. The molecule has 2 aliphatic rings. The first-order chi connectivity index (χ1) is 4.29. The van der Waals surface area contributed by atoms with Crippen LogP contribution in [0.4, 0.5) is 0 Å². The summed E-state index contributed by atoms with van der Waals surface area (Å²) in [6, 6.07) is 0. The third-order valence-electron chi connectivity index (χ3n) is 1.23. The molecular weight excluding hydrogens is 88.1 g/mol. The average molecular weight is 98.1 g/mol. The number of rotatable bonds is 0. The number of hydrogen-bond donors (Lipinski definition) is 0. The lowest BCUT2D eigenvalue weighted by molar-refractivity contribution is 0.420. The van der Waals surface area contributed by atoms with Gasteiger partial charge in [0.15, 0.2) is 0 Å². The normalized spacial score (nSPS) is 50.3. The molecule has 38 valence electrons. The van der Waals surface area contributed by atoms with Crippen molar-refractivity contribution in [1.82, 2.24) is 9.80 Å². The minimum atomic E-state index is -0.366. The Morgan fingerprint density at radius 2 is 1.86 bits per heavy atom. The zero-order valence-electron chi connectivity index (χ0n) is 5.91. The highest BCUT2D eigenvalue weighted by molar-refractivity contribution is 4.95. The first kappa shape index (κ1) is 2.07. The largest absolute Gasteiger partial charge is 0.357 e. The van der Waals surface area contributed by atoms with E-state index in [0.717, 1.165) is 6.67 Å². The van der Waals surface area contributed by atoms with Gasteiger partial charge in [0.2, 0.25) is 0 Å². The third kappa shape index (κ3) is 0.335. The standard InChI is InChI=1S/C5H8N2/c1-2-7-4-3-6(1)5-7/h1-2H,3-5H2/i3D,4D/t3-,4+. The Morgan fingerprint density at radius 1 is 1.29 bits per heavy atom. The summed E-state index contributed by atoms with van der Waals surface area (Å²) in [6.45, 7) is 0.00694. The lowest BCUT2D eigenvalue weighted by Crippen LogP contribution is -2.09. The summed E-state index contributed by atoms with van der Waals surface area (Å²) in [4.78, 5) is 3.69. The molecule has 2 atom stereocenters. The summed E-state index contributed by atoms with van der Waals surface area (Å²) in [7, 11) is 0. The zero-order valence-corrected chi connectivity index (χ0v) is 3.91. The molecule has 0 aliphatic carbocycles. The molecule has 0 amide bonds. The van der Waals surface area contributed by atoms with E-state index < -0.39 is 0 Å². The van der Waals surface area contributed by atoms with Gasteiger partial charge in [-0.15, -0.1) is 0 Å². The molecular formula is C5H8N2. The predicted octanol–water partition coefficient (Wildman–Crippen LogP) is 0.0463. The van der Waals surface area contributed by atoms with Gasteiger partial charge in [-0.3, -0.25) is 0 Å². The molecule has 2 heteroatoms. The third-order valence-corrected chi connectivity index (χ3v) is 1.23. The molecule has 0 aromatic heterocycles. The van der Waals surface area contributed by atoms with Crippen LogP contribution in [0.1, 0.15) is 2.74 Å². The second kappa shape index (κ2) is 0.941. The fourth-order valence-electron chi connectivity index (χ4n) is 0.819. The highest BCUT2D eigenvalue weighted by atomic mass is 15.4. The number of fused-ring (bicyclic) bond motifs is 2. The van der Waals surface area contributed by atoms with Crippen molar-refractivity contribution in [2.45, 2.75) is 0 Å². The van der Waals surface area contributed by atoms with Crippen LogP contribution in [0, 0.1) is 0 Å². The Hall–Kier alpha value is -0.660. The molecule has 1 fully saturated rings. The molecule has 2 bridgehead atoms.